The van der Waals surface area contributed by atoms with Gasteiger partial charge in [0.1, 0.15) is 0 Å². The number of rotatable bonds is 9. The molecule has 0 radical (unpaired) electrons. The molecule has 2 aromatic carbocycles. The van der Waals surface area contributed by atoms with Crippen LogP contribution < -0.4 is 19.9 Å². The highest BCUT2D eigenvalue weighted by Gasteiger charge is 2.22. The van der Waals surface area contributed by atoms with Gasteiger partial charge >= 0.3 is 5.97 Å². The highest BCUT2D eigenvalue weighted by molar-refractivity contribution is 6.07. The molecule has 30 heavy (non-hydrogen) atoms. The van der Waals surface area contributed by atoms with Gasteiger partial charge in [-0.15, -0.1) is 0 Å². The van der Waals surface area contributed by atoms with E-state index < -0.39 is 5.97 Å². The lowest BCUT2D eigenvalue weighted by Gasteiger charge is -2.14. The molecule has 0 unspecified atom stereocenters. The molecule has 0 aliphatic heterocycles. The first-order valence-corrected chi connectivity index (χ1v) is 9.84. The lowest BCUT2D eigenvalue weighted by Crippen LogP contribution is -2.02. The van der Waals surface area contributed by atoms with Crippen LogP contribution in [0.4, 0.5) is 0 Å². The third-order valence-electron chi connectivity index (χ3n) is 5.33. The Morgan fingerprint density at radius 2 is 1.73 bits per heavy atom. The van der Waals surface area contributed by atoms with E-state index in [9.17, 15) is 9.90 Å². The summed E-state index contributed by atoms with van der Waals surface area (Å²) in [4.78, 5) is 15.4. The van der Waals surface area contributed by atoms with Crippen LogP contribution in [-0.2, 0) is 6.42 Å². The zero-order chi connectivity index (χ0) is 21.8. The standard InChI is InChI=1S/C23H28N2O5/c1-13-8-9-16(23(26)27)19-15(7-5-6-10-24)21(25-20(13)19)14-11-17(28-2)22(30-4)18(12-14)29-3/h8-9,11-12,25H,5-7,10,24H2,1-4H3,(H,26,27). The Balaban J connectivity index is 2.32. The summed E-state index contributed by atoms with van der Waals surface area (Å²) in [5, 5.41) is 10.5. The second-order valence-corrected chi connectivity index (χ2v) is 7.12. The average Bonchev–Trinajstić information content (AvgIpc) is 3.13. The van der Waals surface area contributed by atoms with Crippen LogP contribution in [0.25, 0.3) is 22.2 Å². The van der Waals surface area contributed by atoms with Crippen molar-refractivity contribution < 1.29 is 24.1 Å². The maximum Gasteiger partial charge on any atom is 0.336 e. The summed E-state index contributed by atoms with van der Waals surface area (Å²) in [6.07, 6.45) is 2.41. The smallest absolute Gasteiger partial charge is 0.336 e. The van der Waals surface area contributed by atoms with Crippen molar-refractivity contribution in [3.05, 3.63) is 41.0 Å². The number of nitrogens with one attached hydrogen (secondary N) is 1. The van der Waals surface area contributed by atoms with Crippen molar-refractivity contribution in [3.63, 3.8) is 0 Å². The Labute approximate surface area is 175 Å². The van der Waals surface area contributed by atoms with E-state index in [-0.39, 0.29) is 5.56 Å². The number of benzene rings is 2. The third kappa shape index (κ3) is 3.80. The number of ether oxygens (including phenoxy) is 3. The number of unbranched alkanes of at least 4 members (excludes halogenated alkanes) is 1. The average molecular weight is 412 g/mol. The number of hydrogen-bond acceptors (Lipinski definition) is 5. The molecular weight excluding hydrogens is 384 g/mol. The van der Waals surface area contributed by atoms with Crippen molar-refractivity contribution in [2.75, 3.05) is 27.9 Å². The van der Waals surface area contributed by atoms with E-state index in [0.29, 0.717) is 30.2 Å². The maximum absolute atomic E-state index is 11.9. The second-order valence-electron chi connectivity index (χ2n) is 7.12. The Hall–Kier alpha value is -3.19. The van der Waals surface area contributed by atoms with Crippen LogP contribution in [0, 0.1) is 6.92 Å². The van der Waals surface area contributed by atoms with Crippen molar-refractivity contribution in [2.24, 2.45) is 5.73 Å². The molecule has 1 aromatic heterocycles. The van der Waals surface area contributed by atoms with Crippen LogP contribution in [0.1, 0.15) is 34.3 Å². The van der Waals surface area contributed by atoms with Gasteiger partial charge < -0.3 is 30.0 Å². The van der Waals surface area contributed by atoms with Gasteiger partial charge in [0, 0.05) is 22.2 Å². The van der Waals surface area contributed by atoms with E-state index in [4.69, 9.17) is 19.9 Å². The fourth-order valence-electron chi connectivity index (χ4n) is 3.85. The van der Waals surface area contributed by atoms with Gasteiger partial charge in [-0.05, 0) is 62.1 Å². The molecule has 0 saturated heterocycles. The van der Waals surface area contributed by atoms with Gasteiger partial charge in [-0.25, -0.2) is 4.79 Å². The van der Waals surface area contributed by atoms with Crippen molar-refractivity contribution in [2.45, 2.75) is 26.2 Å². The summed E-state index contributed by atoms with van der Waals surface area (Å²) in [6, 6.07) is 7.23. The largest absolute Gasteiger partial charge is 0.493 e. The number of aryl methyl sites for hydroxylation is 2. The molecule has 0 spiro atoms. The summed E-state index contributed by atoms with van der Waals surface area (Å²) in [6.45, 7) is 2.56. The molecule has 3 rings (SSSR count). The van der Waals surface area contributed by atoms with E-state index in [1.54, 1.807) is 27.4 Å². The van der Waals surface area contributed by atoms with Crippen molar-refractivity contribution >= 4 is 16.9 Å². The molecule has 0 atom stereocenters. The van der Waals surface area contributed by atoms with Gasteiger partial charge in [-0.1, -0.05) is 6.07 Å². The highest BCUT2D eigenvalue weighted by Crippen LogP contribution is 2.43. The first kappa shape index (κ1) is 21.5. The normalized spacial score (nSPS) is 11.0. The van der Waals surface area contributed by atoms with Crippen LogP contribution in [0.2, 0.25) is 0 Å². The fraction of sp³-hybridized carbons (Fsp3) is 0.348. The minimum Gasteiger partial charge on any atom is -0.493 e. The zero-order valence-electron chi connectivity index (χ0n) is 17.8. The Morgan fingerprint density at radius 1 is 1.07 bits per heavy atom. The molecule has 0 amide bonds. The Morgan fingerprint density at radius 3 is 2.27 bits per heavy atom. The van der Waals surface area contributed by atoms with Crippen molar-refractivity contribution in [1.82, 2.24) is 4.98 Å². The fourth-order valence-corrected chi connectivity index (χ4v) is 3.85. The lowest BCUT2D eigenvalue weighted by atomic mass is 9.96. The SMILES string of the molecule is COc1cc(-c2[nH]c3c(C)ccc(C(=O)O)c3c2CCCCN)cc(OC)c1OC. The lowest BCUT2D eigenvalue weighted by molar-refractivity contribution is 0.0699. The Bertz CT molecular complexity index is 1050. The Kier molecular flexibility index (Phi) is 6.52. The highest BCUT2D eigenvalue weighted by atomic mass is 16.5. The second kappa shape index (κ2) is 9.09. The maximum atomic E-state index is 11.9. The molecule has 1 heterocycles. The minimum absolute atomic E-state index is 0.285. The van der Waals surface area contributed by atoms with Crippen LogP contribution in [0.3, 0.4) is 0 Å². The quantitative estimate of drug-likeness (QED) is 0.456. The molecule has 0 saturated carbocycles. The van der Waals surface area contributed by atoms with E-state index in [2.05, 4.69) is 4.98 Å². The molecule has 7 heteroatoms. The number of aromatic amines is 1. The van der Waals surface area contributed by atoms with Gasteiger partial charge in [0.25, 0.3) is 0 Å². The van der Waals surface area contributed by atoms with Gasteiger partial charge in [-0.3, -0.25) is 0 Å². The van der Waals surface area contributed by atoms with Crippen LogP contribution in [-0.4, -0.2) is 43.9 Å². The van der Waals surface area contributed by atoms with Crippen LogP contribution in [0.5, 0.6) is 17.2 Å². The van der Waals surface area contributed by atoms with E-state index >= 15 is 0 Å². The van der Waals surface area contributed by atoms with Crippen LogP contribution in [0.15, 0.2) is 24.3 Å². The summed E-state index contributed by atoms with van der Waals surface area (Å²) >= 11 is 0. The number of carboxylic acids is 1. The monoisotopic (exact) mass is 412 g/mol. The summed E-state index contributed by atoms with van der Waals surface area (Å²) < 4.78 is 16.5. The number of carbonyl (C=O) groups is 1. The van der Waals surface area contributed by atoms with Crippen molar-refractivity contribution in [3.8, 4) is 28.5 Å². The topological polar surface area (TPSA) is 107 Å². The van der Waals surface area contributed by atoms with Gasteiger partial charge in [-0.2, -0.15) is 0 Å². The molecular formula is C23H28N2O5. The minimum atomic E-state index is -0.949. The summed E-state index contributed by atoms with van der Waals surface area (Å²) in [5.74, 6) is 0.629. The predicted molar refractivity (Wildman–Crippen MR) is 117 cm³/mol. The third-order valence-corrected chi connectivity index (χ3v) is 5.33. The number of fused-ring (bicyclic) bond motifs is 1. The summed E-state index contributed by atoms with van der Waals surface area (Å²) in [5.41, 5.74) is 10.4. The molecule has 0 aliphatic carbocycles. The molecule has 0 fully saturated rings. The number of aromatic carboxylic acids is 1. The van der Waals surface area contributed by atoms with E-state index in [1.807, 2.05) is 25.1 Å². The summed E-state index contributed by atoms with van der Waals surface area (Å²) in [7, 11) is 4.70. The van der Waals surface area contributed by atoms with Crippen LogP contribution >= 0.6 is 0 Å². The first-order valence-electron chi connectivity index (χ1n) is 9.84. The molecule has 7 nitrogen and oxygen atoms in total. The molecule has 160 valence electrons. The van der Waals surface area contributed by atoms with Gasteiger partial charge in [0.15, 0.2) is 11.5 Å². The number of hydrogen-bond donors (Lipinski definition) is 3. The zero-order valence-corrected chi connectivity index (χ0v) is 17.8. The van der Waals surface area contributed by atoms with E-state index in [1.165, 1.54) is 0 Å². The number of methoxy groups -OCH3 is 3. The predicted octanol–water partition coefficient (Wildman–Crippen LogP) is 4.15. The molecule has 0 aliphatic rings. The number of carboxylic acid groups (broad SMARTS) is 1. The van der Waals surface area contributed by atoms with Gasteiger partial charge in [0.05, 0.1) is 26.9 Å². The number of aromatic nitrogens is 1. The van der Waals surface area contributed by atoms with Gasteiger partial charge in [0.2, 0.25) is 5.75 Å². The van der Waals surface area contributed by atoms with E-state index in [0.717, 1.165) is 46.1 Å². The number of H-pyrrole nitrogens is 1. The molecule has 0 bridgehead atoms. The first-order chi connectivity index (χ1) is 14.5. The number of nitrogens with two attached hydrogens (primary N) is 1. The molecule has 3 aromatic rings. The molecule has 4 N–H and O–H groups in total. The van der Waals surface area contributed by atoms with Crippen molar-refractivity contribution in [1.29, 1.82) is 0 Å².